The minimum atomic E-state index is -0.357. The van der Waals surface area contributed by atoms with Crippen LogP contribution in [-0.4, -0.2) is 57.5 Å². The van der Waals surface area contributed by atoms with Crippen molar-refractivity contribution in [2.45, 2.75) is 75.2 Å². The molecule has 136 valence electrons. The molecule has 0 radical (unpaired) electrons. The molecular weight excluding hydrogens is 347 g/mol. The van der Waals surface area contributed by atoms with Gasteiger partial charge < -0.3 is 9.80 Å². The number of unbranched alkanes of at least 4 members (excludes halogenated alkanes) is 2. The highest BCUT2D eigenvalue weighted by molar-refractivity contribution is 6.25. The fourth-order valence-electron chi connectivity index (χ4n) is 4.72. The Morgan fingerprint density at radius 3 is 2.08 bits per heavy atom. The Bertz CT molecular complexity index is 495. The lowest BCUT2D eigenvalue weighted by molar-refractivity contribution is -0.169. The van der Waals surface area contributed by atoms with Crippen molar-refractivity contribution >= 4 is 35.0 Å². The molecule has 4 nitrogen and oxygen atoms in total. The van der Waals surface area contributed by atoms with E-state index in [9.17, 15) is 9.59 Å². The normalized spacial score (nSPS) is 38.7. The molecule has 1 saturated carbocycles. The van der Waals surface area contributed by atoms with Gasteiger partial charge in [0.05, 0.1) is 29.3 Å². The van der Waals surface area contributed by atoms with E-state index in [1.807, 2.05) is 9.80 Å². The first-order valence-corrected chi connectivity index (χ1v) is 10.3. The number of amides is 2. The van der Waals surface area contributed by atoms with Crippen molar-refractivity contribution in [2.24, 2.45) is 11.8 Å². The average Bonchev–Trinajstić information content (AvgIpc) is 2.55. The zero-order chi connectivity index (χ0) is 17.4. The molecule has 6 atom stereocenters. The maximum absolute atomic E-state index is 13.2. The molecule has 24 heavy (non-hydrogen) atoms. The first-order valence-electron chi connectivity index (χ1n) is 9.42. The summed E-state index contributed by atoms with van der Waals surface area (Å²) in [7, 11) is 0. The summed E-state index contributed by atoms with van der Waals surface area (Å²) in [6.07, 6.45) is 5.39. The van der Waals surface area contributed by atoms with Crippen LogP contribution in [0.1, 0.15) is 52.4 Å². The highest BCUT2D eigenvalue weighted by atomic mass is 35.5. The van der Waals surface area contributed by atoms with Crippen molar-refractivity contribution in [2.75, 3.05) is 13.1 Å². The van der Waals surface area contributed by atoms with Crippen molar-refractivity contribution in [3.05, 3.63) is 0 Å². The third-order valence-corrected chi connectivity index (χ3v) is 6.98. The number of alkyl halides is 2. The number of piperidine rings is 2. The van der Waals surface area contributed by atoms with Crippen LogP contribution in [0, 0.1) is 11.8 Å². The van der Waals surface area contributed by atoms with Gasteiger partial charge in [0, 0.05) is 18.5 Å². The van der Waals surface area contributed by atoms with Gasteiger partial charge in [-0.15, -0.1) is 23.2 Å². The van der Waals surface area contributed by atoms with Crippen LogP contribution < -0.4 is 0 Å². The van der Waals surface area contributed by atoms with E-state index < -0.39 is 0 Å². The van der Waals surface area contributed by atoms with Crippen LogP contribution in [0.15, 0.2) is 0 Å². The predicted molar refractivity (Wildman–Crippen MR) is 96.3 cm³/mol. The summed E-state index contributed by atoms with van der Waals surface area (Å²) in [5.74, 6) is -0.236. The van der Waals surface area contributed by atoms with Crippen LogP contribution in [0.3, 0.4) is 0 Å². The smallest absolute Gasteiger partial charge is 0.229 e. The molecule has 0 aromatic rings. The van der Waals surface area contributed by atoms with E-state index in [2.05, 4.69) is 13.8 Å². The standard InChI is InChI=1S/C18H28Cl2N2O2/c1-3-5-9-21-15-11-7-8-12(19)13(18(21)24)16(14(15)20)22(17(11)23)10-6-4-2/h11-16H,3-10H2,1-2H3/t11-,12-,13-,14+,15+,16+/m1/s1. The van der Waals surface area contributed by atoms with Gasteiger partial charge in [0.15, 0.2) is 0 Å². The van der Waals surface area contributed by atoms with Crippen LogP contribution in [0.2, 0.25) is 0 Å². The first kappa shape index (κ1) is 18.3. The lowest BCUT2D eigenvalue weighted by Gasteiger charge is -2.59. The van der Waals surface area contributed by atoms with Gasteiger partial charge in [0.2, 0.25) is 11.8 Å². The molecular formula is C18H28Cl2N2O2. The van der Waals surface area contributed by atoms with Gasteiger partial charge in [-0.05, 0) is 25.7 Å². The van der Waals surface area contributed by atoms with Crippen molar-refractivity contribution in [3.8, 4) is 0 Å². The Hall–Kier alpha value is -0.480. The molecule has 0 N–H and O–H groups in total. The van der Waals surface area contributed by atoms with Gasteiger partial charge in [-0.1, -0.05) is 26.7 Å². The number of fused-ring (bicyclic) bond motifs is 2. The fraction of sp³-hybridized carbons (Fsp3) is 0.889. The summed E-state index contributed by atoms with van der Waals surface area (Å²) in [6, 6.07) is -0.387. The summed E-state index contributed by atoms with van der Waals surface area (Å²) < 4.78 is 0. The zero-order valence-electron chi connectivity index (χ0n) is 14.6. The second-order valence-electron chi connectivity index (χ2n) is 7.42. The van der Waals surface area contributed by atoms with Crippen LogP contribution in [0.5, 0.6) is 0 Å². The molecule has 0 unspecified atom stereocenters. The van der Waals surface area contributed by atoms with Crippen LogP contribution >= 0.6 is 23.2 Å². The number of nitrogens with zero attached hydrogens (tertiary/aromatic N) is 2. The number of carbonyl (C=O) groups excluding carboxylic acids is 2. The third-order valence-electron chi connectivity index (χ3n) is 5.97. The zero-order valence-corrected chi connectivity index (χ0v) is 16.1. The molecule has 5 rings (SSSR count). The van der Waals surface area contributed by atoms with E-state index >= 15 is 0 Å². The maximum Gasteiger partial charge on any atom is 0.229 e. The van der Waals surface area contributed by atoms with E-state index in [-0.39, 0.29) is 46.5 Å². The Labute approximate surface area is 154 Å². The SMILES string of the molecule is CCCCN1C(=O)[C@@H]2CC[C@@H](Cl)[C@H]3C(=O)N(CCCC)[C@@H]2[C@H](Cl)[C@H]31. The Morgan fingerprint density at radius 1 is 0.917 bits per heavy atom. The van der Waals surface area contributed by atoms with Crippen molar-refractivity contribution in [1.82, 2.24) is 9.80 Å². The Balaban J connectivity index is 1.99. The van der Waals surface area contributed by atoms with Gasteiger partial charge >= 0.3 is 0 Å². The summed E-state index contributed by atoms with van der Waals surface area (Å²) in [6.45, 7) is 5.60. The Morgan fingerprint density at radius 2 is 1.50 bits per heavy atom. The van der Waals surface area contributed by atoms with Crippen molar-refractivity contribution < 1.29 is 9.59 Å². The van der Waals surface area contributed by atoms with Gasteiger partial charge in [0.25, 0.3) is 0 Å². The van der Waals surface area contributed by atoms with E-state index in [0.717, 1.165) is 38.5 Å². The Kier molecular flexibility index (Phi) is 5.65. The lowest BCUT2D eigenvalue weighted by Crippen LogP contribution is -2.75. The number of hydrogen-bond acceptors (Lipinski definition) is 2. The molecule has 1 aliphatic carbocycles. The van der Waals surface area contributed by atoms with Crippen LogP contribution in [0.25, 0.3) is 0 Å². The van der Waals surface area contributed by atoms with Gasteiger partial charge in [-0.25, -0.2) is 0 Å². The number of carbonyl (C=O) groups is 2. The first-order chi connectivity index (χ1) is 11.5. The average molecular weight is 375 g/mol. The molecule has 2 amide bonds. The molecule has 4 aliphatic heterocycles. The van der Waals surface area contributed by atoms with Crippen molar-refractivity contribution in [3.63, 3.8) is 0 Å². The largest absolute Gasteiger partial charge is 0.337 e. The molecule has 0 spiro atoms. The fourth-order valence-corrected chi connectivity index (χ4v) is 5.71. The number of hydrogen-bond donors (Lipinski definition) is 0. The van der Waals surface area contributed by atoms with E-state index in [4.69, 9.17) is 23.2 Å². The monoisotopic (exact) mass is 374 g/mol. The summed E-state index contributed by atoms with van der Waals surface area (Å²) in [5, 5.41) is -0.431. The van der Waals surface area contributed by atoms with Crippen molar-refractivity contribution in [1.29, 1.82) is 0 Å². The van der Waals surface area contributed by atoms with E-state index in [0.29, 0.717) is 13.1 Å². The van der Waals surface area contributed by atoms with Gasteiger partial charge in [0.1, 0.15) is 0 Å². The molecule has 4 bridgehead atoms. The minimum absolute atomic E-state index is 0.119. The third kappa shape index (κ3) is 2.84. The lowest BCUT2D eigenvalue weighted by atomic mass is 9.69. The van der Waals surface area contributed by atoms with Crippen LogP contribution in [-0.2, 0) is 9.59 Å². The molecule has 5 aliphatic rings. The number of halogens is 2. The van der Waals surface area contributed by atoms with E-state index in [1.54, 1.807) is 0 Å². The molecule has 0 aromatic heterocycles. The minimum Gasteiger partial charge on any atom is -0.337 e. The highest BCUT2D eigenvalue weighted by Gasteiger charge is 2.61. The van der Waals surface area contributed by atoms with Gasteiger partial charge in [-0.2, -0.15) is 0 Å². The molecule has 0 aromatic carbocycles. The molecule has 4 saturated heterocycles. The van der Waals surface area contributed by atoms with E-state index in [1.165, 1.54) is 0 Å². The topological polar surface area (TPSA) is 40.6 Å². The summed E-state index contributed by atoms with van der Waals surface area (Å²) in [5.41, 5.74) is 0. The molecule has 6 heteroatoms. The highest BCUT2D eigenvalue weighted by Crippen LogP contribution is 2.47. The molecule has 4 heterocycles. The second kappa shape index (κ2) is 7.41. The summed E-state index contributed by atoms with van der Waals surface area (Å²) >= 11 is 13.5. The van der Waals surface area contributed by atoms with Crippen LogP contribution in [0.4, 0.5) is 0 Å². The quantitative estimate of drug-likeness (QED) is 0.669. The summed E-state index contributed by atoms with van der Waals surface area (Å²) in [4.78, 5) is 30.1. The number of rotatable bonds is 6. The van der Waals surface area contributed by atoms with Gasteiger partial charge in [-0.3, -0.25) is 9.59 Å². The predicted octanol–water partition coefficient (Wildman–Crippen LogP) is 3.25. The molecule has 5 fully saturated rings. The second-order valence-corrected chi connectivity index (χ2v) is 8.49. The maximum atomic E-state index is 13.2.